The Morgan fingerprint density at radius 2 is 1.70 bits per heavy atom. The van der Waals surface area contributed by atoms with Crippen molar-refractivity contribution in [3.8, 4) is 0 Å². The molecule has 22 nitrogen and oxygen atoms in total. The monoisotopic (exact) mass is 1100 g/mol. The standard InChI is InChI=1S/C53H85N5O17S/c1-7-9-11-37-25-41-32-54-38(27-49(59)56(41)33-37)26-45(36(4)67-5)74-34-35(3)24-42(12-10-16-73-47-29-44-43(28-46(47)68-6)52(62)57-39(8-2)13-14-40(57)31-55-44)72-23-22-71-21-20-70-19-18-69-17-15-51(61)75-58-50(60)30-48(53(58)63)76(64,65)66/h8,24,32,37-38,40-44,48,50,53,55,60,63H,7,9-23,25-31,33-34H2,1-6H3,(H,64,65,66)/b35-24+,39-8+,45-36-/t37-,38-,40-,41-,42-,43-,44+,48?,50+,53-/m0/s1. The Bertz CT molecular complexity index is 2190. The predicted octanol–water partition coefficient (Wildman–Crippen LogP) is 4.28. The van der Waals surface area contributed by atoms with Gasteiger partial charge in [0.05, 0.1) is 97.6 Å². The zero-order valence-corrected chi connectivity index (χ0v) is 46.3. The van der Waals surface area contributed by atoms with Crippen LogP contribution in [0.2, 0.25) is 0 Å². The zero-order chi connectivity index (χ0) is 54.8. The van der Waals surface area contributed by atoms with Crippen molar-refractivity contribution in [1.82, 2.24) is 20.2 Å². The Morgan fingerprint density at radius 1 is 0.961 bits per heavy atom. The number of nitrogens with one attached hydrogen (secondary N) is 1. The van der Waals surface area contributed by atoms with Gasteiger partial charge in [0.15, 0.2) is 6.23 Å². The molecule has 23 heteroatoms. The van der Waals surface area contributed by atoms with Crippen LogP contribution in [0.4, 0.5) is 0 Å². The lowest BCUT2D eigenvalue weighted by Crippen LogP contribution is -2.43. The lowest BCUT2D eigenvalue weighted by atomic mass is 9.86. The van der Waals surface area contributed by atoms with Crippen LogP contribution < -0.4 is 5.32 Å². The first-order chi connectivity index (χ1) is 36.5. The average Bonchev–Trinajstić information content (AvgIpc) is 4.05. The highest BCUT2D eigenvalue weighted by molar-refractivity contribution is 7.86. The van der Waals surface area contributed by atoms with Crippen LogP contribution in [0.15, 0.2) is 51.5 Å². The molecular formula is C53H85N5O17S. The van der Waals surface area contributed by atoms with Gasteiger partial charge in [-0.05, 0) is 70.8 Å². The number of amides is 2. The normalized spacial score (nSPS) is 28.5. The van der Waals surface area contributed by atoms with Gasteiger partial charge in [0.1, 0.15) is 41.1 Å². The molecule has 1 unspecified atom stereocenters. The average molecular weight is 1100 g/mol. The van der Waals surface area contributed by atoms with Gasteiger partial charge in [-0.15, -0.1) is 0 Å². The largest absolute Gasteiger partial charge is 0.498 e. The maximum absolute atomic E-state index is 13.9. The fraction of sp³-hybridized carbons (Fsp3) is 0.774. The summed E-state index contributed by atoms with van der Waals surface area (Å²) in [6.07, 6.45) is 10.8. The molecule has 76 heavy (non-hydrogen) atoms. The van der Waals surface area contributed by atoms with Gasteiger partial charge in [0.2, 0.25) is 11.8 Å². The first-order valence-corrected chi connectivity index (χ1v) is 28.7. The van der Waals surface area contributed by atoms with Crippen LogP contribution in [-0.4, -0.2) is 197 Å². The summed E-state index contributed by atoms with van der Waals surface area (Å²) in [5.74, 6) is 2.45. The van der Waals surface area contributed by atoms with Gasteiger partial charge < -0.3 is 68.1 Å². The first-order valence-electron chi connectivity index (χ1n) is 27.2. The van der Waals surface area contributed by atoms with E-state index in [9.17, 15) is 37.6 Å². The summed E-state index contributed by atoms with van der Waals surface area (Å²) in [4.78, 5) is 53.3. The summed E-state index contributed by atoms with van der Waals surface area (Å²) in [6.45, 7) is 11.7. The van der Waals surface area contributed by atoms with Crippen molar-refractivity contribution < 1.29 is 80.3 Å². The quantitative estimate of drug-likeness (QED) is 0.0327. The van der Waals surface area contributed by atoms with Crippen molar-refractivity contribution in [3.05, 3.63) is 46.5 Å². The SMILES string of the molecule is C/C=C1\CC[C@H]2CN[C@@H]3CC(OCCC[C@@H](/C=C(\C)CO/C(C[C@H]4CC(=O)N5C[C@@H](CCCC)C[C@H]5C=N4)=C(/C)OC)OCCOCCOCCOCCC(=O)ON4[C@H](O)CC(S(=O)(=O)O)[C@@H]4O)=C(OC)C[C@@H]3C(=O)N12. The number of fused-ring (bicyclic) bond motifs is 3. The van der Waals surface area contributed by atoms with Crippen molar-refractivity contribution in [2.75, 3.05) is 86.8 Å². The van der Waals surface area contributed by atoms with Crippen molar-refractivity contribution in [2.45, 2.75) is 166 Å². The molecule has 5 heterocycles. The van der Waals surface area contributed by atoms with Gasteiger partial charge in [-0.2, -0.15) is 8.42 Å². The van der Waals surface area contributed by atoms with Crippen LogP contribution in [-0.2, 0) is 67.2 Å². The molecule has 0 aromatic carbocycles. The number of allylic oxidation sites excluding steroid dienone is 4. The second kappa shape index (κ2) is 30.3. The summed E-state index contributed by atoms with van der Waals surface area (Å²) in [5.41, 5.74) is 2.04. The van der Waals surface area contributed by atoms with Crippen LogP contribution in [0.1, 0.15) is 118 Å². The summed E-state index contributed by atoms with van der Waals surface area (Å²) >= 11 is 0. The number of nitrogens with zero attached hydrogens (tertiary/aromatic N) is 4. The number of carbonyl (C=O) groups excluding carboxylic acids is 3. The minimum atomic E-state index is -4.67. The minimum Gasteiger partial charge on any atom is -0.498 e. The molecule has 0 saturated carbocycles. The molecule has 4 N–H and O–H groups in total. The molecular weight excluding hydrogens is 1010 g/mol. The third-order valence-corrected chi connectivity index (χ3v) is 16.2. The second-order valence-electron chi connectivity index (χ2n) is 20.5. The molecule has 4 saturated heterocycles. The molecule has 6 rings (SSSR count). The van der Waals surface area contributed by atoms with E-state index >= 15 is 0 Å². The Labute approximate surface area is 448 Å². The molecule has 2 amide bonds. The topological polar surface area (TPSA) is 263 Å². The van der Waals surface area contributed by atoms with Crippen LogP contribution in [0.5, 0.6) is 0 Å². The van der Waals surface area contributed by atoms with E-state index in [0.717, 1.165) is 62.2 Å². The Kier molecular flexibility index (Phi) is 24.3. The number of hydrogen-bond acceptors (Lipinski definition) is 19. The summed E-state index contributed by atoms with van der Waals surface area (Å²) < 4.78 is 79.5. The Morgan fingerprint density at radius 3 is 2.38 bits per heavy atom. The summed E-state index contributed by atoms with van der Waals surface area (Å²) in [7, 11) is -1.43. The zero-order valence-electron chi connectivity index (χ0n) is 45.4. The van der Waals surface area contributed by atoms with E-state index in [1.807, 2.05) is 36.8 Å². The van der Waals surface area contributed by atoms with Crippen LogP contribution >= 0.6 is 0 Å². The highest BCUT2D eigenvalue weighted by atomic mass is 32.2. The Hall–Kier alpha value is -4.17. The predicted molar refractivity (Wildman–Crippen MR) is 278 cm³/mol. The molecule has 0 radical (unpaired) electrons. The second-order valence-corrected chi connectivity index (χ2v) is 22.1. The molecule has 5 aliphatic heterocycles. The van der Waals surface area contributed by atoms with Gasteiger partial charge >= 0.3 is 5.97 Å². The van der Waals surface area contributed by atoms with Crippen LogP contribution in [0, 0.1) is 11.8 Å². The van der Waals surface area contributed by atoms with Gasteiger partial charge in [-0.25, -0.2) is 0 Å². The highest BCUT2D eigenvalue weighted by Crippen LogP contribution is 2.39. The van der Waals surface area contributed by atoms with Crippen LogP contribution in [0.25, 0.3) is 0 Å². The highest BCUT2D eigenvalue weighted by Gasteiger charge is 2.49. The maximum Gasteiger partial charge on any atom is 0.327 e. The molecule has 4 fully saturated rings. The third kappa shape index (κ3) is 17.4. The first kappa shape index (κ1) is 61.0. The lowest BCUT2D eigenvalue weighted by molar-refractivity contribution is -0.261. The van der Waals surface area contributed by atoms with E-state index in [1.165, 1.54) is 6.42 Å². The number of hydrogen-bond donors (Lipinski definition) is 4. The summed E-state index contributed by atoms with van der Waals surface area (Å²) in [5, 5.41) is 22.4. The molecule has 0 aromatic rings. The van der Waals surface area contributed by atoms with Crippen molar-refractivity contribution in [2.24, 2.45) is 16.8 Å². The van der Waals surface area contributed by atoms with Crippen molar-refractivity contribution in [3.63, 3.8) is 0 Å². The number of carbonyl (C=O) groups is 3. The number of aliphatic hydroxyl groups is 2. The van der Waals surface area contributed by atoms with Gasteiger partial charge in [-0.1, -0.05) is 37.0 Å². The molecule has 6 aliphatic rings. The fourth-order valence-electron chi connectivity index (χ4n) is 10.8. The lowest BCUT2D eigenvalue weighted by Gasteiger charge is -2.33. The Balaban J connectivity index is 0.958. The van der Waals surface area contributed by atoms with Gasteiger partial charge in [0.25, 0.3) is 10.1 Å². The van der Waals surface area contributed by atoms with E-state index in [2.05, 4.69) is 24.4 Å². The molecule has 0 bridgehead atoms. The molecule has 430 valence electrons. The smallest absolute Gasteiger partial charge is 0.327 e. The molecule has 0 aromatic heterocycles. The molecule has 1 aliphatic carbocycles. The third-order valence-electron chi connectivity index (χ3n) is 15.0. The molecule has 0 spiro atoms. The van der Waals surface area contributed by atoms with E-state index in [4.69, 9.17) is 47.7 Å². The summed E-state index contributed by atoms with van der Waals surface area (Å²) in [6, 6.07) is -0.0992. The van der Waals surface area contributed by atoms with E-state index in [0.29, 0.717) is 93.2 Å². The van der Waals surface area contributed by atoms with E-state index < -0.39 is 40.2 Å². The number of aliphatic imine (C=N–C) groups is 1. The van der Waals surface area contributed by atoms with E-state index in [-0.39, 0.29) is 87.5 Å². The number of hydroxylamine groups is 2. The number of aliphatic hydroxyl groups excluding tert-OH is 2. The number of methoxy groups -OCH3 is 2. The molecule has 10 atom stereocenters. The minimum absolute atomic E-state index is 0.0462. The fourth-order valence-corrected chi connectivity index (χ4v) is 11.6. The maximum atomic E-state index is 13.9. The van der Waals surface area contributed by atoms with Gasteiger partial charge in [-0.3, -0.25) is 23.9 Å². The van der Waals surface area contributed by atoms with Gasteiger partial charge in [0, 0.05) is 69.2 Å². The number of unbranched alkanes of at least 4 members (excludes halogenated alkanes) is 1. The van der Waals surface area contributed by atoms with Crippen molar-refractivity contribution >= 4 is 34.1 Å². The van der Waals surface area contributed by atoms with Crippen LogP contribution in [0.3, 0.4) is 0 Å². The van der Waals surface area contributed by atoms with Crippen molar-refractivity contribution in [1.29, 1.82) is 0 Å². The van der Waals surface area contributed by atoms with E-state index in [1.54, 1.807) is 14.2 Å². The number of ether oxygens (including phenoxy) is 8. The number of rotatable bonds is 31.